The number of hydrogen-bond acceptors (Lipinski definition) is 2. The minimum atomic E-state index is -0.698. The second-order valence-electron chi connectivity index (χ2n) is 4.84. The van der Waals surface area contributed by atoms with E-state index >= 15 is 0 Å². The molecule has 1 aromatic heterocycles. The van der Waals surface area contributed by atoms with E-state index < -0.39 is 11.6 Å². The second kappa shape index (κ2) is 5.70. The van der Waals surface area contributed by atoms with Gasteiger partial charge in [-0.15, -0.1) is 0 Å². The van der Waals surface area contributed by atoms with Crippen molar-refractivity contribution in [2.75, 3.05) is 0 Å². The topological polar surface area (TPSA) is 49.8 Å². The van der Waals surface area contributed by atoms with E-state index in [0.29, 0.717) is 5.52 Å². The fourth-order valence-corrected chi connectivity index (χ4v) is 2.30. The van der Waals surface area contributed by atoms with Gasteiger partial charge in [0, 0.05) is 25.1 Å². The van der Waals surface area contributed by atoms with Gasteiger partial charge in [0.15, 0.2) is 10.6 Å². The minimum Gasteiger partial charge on any atom is -0.354 e. The molecular weight excluding hydrogens is 284 g/mol. The van der Waals surface area contributed by atoms with Crippen LogP contribution in [0.15, 0.2) is 12.1 Å². The lowest BCUT2D eigenvalue weighted by atomic mass is 10.3. The Hall–Kier alpha value is -1.76. The molecule has 20 heavy (non-hydrogen) atoms. The molecule has 0 aliphatic heterocycles. The number of halogens is 2. The summed E-state index contributed by atoms with van der Waals surface area (Å²) in [6.45, 7) is 3.99. The monoisotopic (exact) mass is 299 g/mol. The maximum Gasteiger partial charge on any atom is 0.221 e. The van der Waals surface area contributed by atoms with Crippen LogP contribution in [0.25, 0.3) is 11.0 Å². The van der Waals surface area contributed by atoms with Crippen LogP contribution in [-0.2, 0) is 11.3 Å². The molecule has 2 aromatic rings. The van der Waals surface area contributed by atoms with Gasteiger partial charge in [-0.1, -0.05) is 0 Å². The van der Waals surface area contributed by atoms with Crippen molar-refractivity contribution in [2.24, 2.45) is 0 Å². The summed E-state index contributed by atoms with van der Waals surface area (Å²) < 4.78 is 28.7. The first kappa shape index (κ1) is 14.6. The highest BCUT2D eigenvalue weighted by atomic mass is 32.1. The molecule has 0 fully saturated rings. The lowest BCUT2D eigenvalue weighted by Crippen LogP contribution is -2.30. The Kier molecular flexibility index (Phi) is 4.17. The molecular formula is C13H15F2N3OS. The molecule has 0 atom stereocenters. The van der Waals surface area contributed by atoms with Crippen LogP contribution in [0.2, 0.25) is 0 Å². The average Bonchev–Trinajstić information content (AvgIpc) is 2.62. The van der Waals surface area contributed by atoms with E-state index in [2.05, 4.69) is 10.3 Å². The van der Waals surface area contributed by atoms with Crippen molar-refractivity contribution in [3.05, 3.63) is 28.5 Å². The summed E-state index contributed by atoms with van der Waals surface area (Å²) in [4.78, 5) is 14.3. The molecule has 1 heterocycles. The van der Waals surface area contributed by atoms with E-state index in [0.717, 1.165) is 6.07 Å². The number of H-pyrrole nitrogens is 1. The zero-order valence-corrected chi connectivity index (χ0v) is 12.0. The number of carbonyl (C=O) groups is 1. The van der Waals surface area contributed by atoms with Gasteiger partial charge < -0.3 is 14.9 Å². The molecule has 4 nitrogen and oxygen atoms in total. The number of carbonyl (C=O) groups excluding carboxylic acids is 1. The van der Waals surface area contributed by atoms with Gasteiger partial charge in [0.2, 0.25) is 5.91 Å². The summed E-state index contributed by atoms with van der Waals surface area (Å²) in [6, 6.07) is 2.04. The molecule has 2 rings (SSSR count). The third kappa shape index (κ3) is 3.04. The Morgan fingerprint density at radius 3 is 2.80 bits per heavy atom. The largest absolute Gasteiger partial charge is 0.354 e. The van der Waals surface area contributed by atoms with Crippen LogP contribution in [0.1, 0.15) is 20.3 Å². The Balaban J connectivity index is 2.28. The number of nitrogens with zero attached hydrogens (tertiary/aromatic N) is 1. The van der Waals surface area contributed by atoms with E-state index in [-0.39, 0.29) is 35.2 Å². The summed E-state index contributed by atoms with van der Waals surface area (Å²) in [5.74, 6) is -1.51. The van der Waals surface area contributed by atoms with Crippen LogP contribution in [0, 0.1) is 16.4 Å². The minimum absolute atomic E-state index is 0.0494. The van der Waals surface area contributed by atoms with Gasteiger partial charge in [-0.2, -0.15) is 0 Å². The molecule has 2 N–H and O–H groups in total. The zero-order valence-electron chi connectivity index (χ0n) is 11.2. The molecule has 0 spiro atoms. The summed E-state index contributed by atoms with van der Waals surface area (Å²) >= 11 is 5.08. The lowest BCUT2D eigenvalue weighted by molar-refractivity contribution is -0.121. The summed E-state index contributed by atoms with van der Waals surface area (Å²) in [5, 5.41) is 2.75. The molecule has 1 amide bonds. The van der Waals surface area contributed by atoms with Crippen LogP contribution >= 0.6 is 12.2 Å². The summed E-state index contributed by atoms with van der Waals surface area (Å²) in [6.07, 6.45) is 0.192. The molecule has 0 saturated carbocycles. The van der Waals surface area contributed by atoms with Crippen LogP contribution in [0.5, 0.6) is 0 Å². The van der Waals surface area contributed by atoms with Crippen LogP contribution in [-0.4, -0.2) is 21.5 Å². The van der Waals surface area contributed by atoms with Crippen molar-refractivity contribution < 1.29 is 13.6 Å². The Morgan fingerprint density at radius 1 is 1.45 bits per heavy atom. The molecule has 7 heteroatoms. The first-order valence-electron chi connectivity index (χ1n) is 6.25. The van der Waals surface area contributed by atoms with Crippen molar-refractivity contribution in [1.82, 2.24) is 14.9 Å². The highest BCUT2D eigenvalue weighted by Gasteiger charge is 2.12. The highest BCUT2D eigenvalue weighted by Crippen LogP contribution is 2.19. The fraction of sp³-hybridized carbons (Fsp3) is 0.385. The van der Waals surface area contributed by atoms with Gasteiger partial charge in [-0.25, -0.2) is 8.78 Å². The number of aryl methyl sites for hydroxylation is 1. The molecule has 0 radical (unpaired) electrons. The molecule has 0 aliphatic carbocycles. The number of aromatic nitrogens is 2. The van der Waals surface area contributed by atoms with Crippen molar-refractivity contribution in [3.8, 4) is 0 Å². The number of amides is 1. The Labute approximate surface area is 119 Å². The zero-order chi connectivity index (χ0) is 14.9. The summed E-state index contributed by atoms with van der Waals surface area (Å²) in [5.41, 5.74) is 0.477. The fourth-order valence-electron chi connectivity index (χ4n) is 2.01. The van der Waals surface area contributed by atoms with E-state index in [9.17, 15) is 13.6 Å². The maximum atomic E-state index is 13.6. The Bertz CT molecular complexity index is 705. The third-order valence-electron chi connectivity index (χ3n) is 2.81. The first-order valence-corrected chi connectivity index (χ1v) is 6.66. The maximum absolute atomic E-state index is 13.6. The number of hydrogen-bond donors (Lipinski definition) is 2. The van der Waals surface area contributed by atoms with E-state index in [1.54, 1.807) is 0 Å². The molecule has 0 saturated heterocycles. The van der Waals surface area contributed by atoms with Crippen molar-refractivity contribution >= 4 is 29.2 Å². The quantitative estimate of drug-likeness (QED) is 0.853. The Morgan fingerprint density at radius 2 is 2.15 bits per heavy atom. The van der Waals surface area contributed by atoms with E-state index in [1.807, 2.05) is 13.8 Å². The highest BCUT2D eigenvalue weighted by molar-refractivity contribution is 7.71. The van der Waals surface area contributed by atoms with E-state index in [4.69, 9.17) is 12.2 Å². The second-order valence-corrected chi connectivity index (χ2v) is 5.22. The normalized spacial score (nSPS) is 11.2. The SMILES string of the molecule is CC(C)NC(=O)CCn1c(=S)[nH]c2c(F)cc(F)cc21. The van der Waals surface area contributed by atoms with Crippen LogP contribution in [0.4, 0.5) is 8.78 Å². The number of benzene rings is 1. The van der Waals surface area contributed by atoms with Gasteiger partial charge in [0.05, 0.1) is 5.52 Å². The molecule has 108 valence electrons. The molecule has 0 bridgehead atoms. The van der Waals surface area contributed by atoms with E-state index in [1.165, 1.54) is 10.6 Å². The van der Waals surface area contributed by atoms with Crippen molar-refractivity contribution in [3.63, 3.8) is 0 Å². The molecule has 0 unspecified atom stereocenters. The lowest BCUT2D eigenvalue weighted by Gasteiger charge is -2.09. The number of fused-ring (bicyclic) bond motifs is 1. The standard InChI is InChI=1S/C13H15F2N3OS/c1-7(2)16-11(19)3-4-18-10-6-8(14)5-9(15)12(10)17-13(18)20/h5-7H,3-4H2,1-2H3,(H,16,19)(H,17,20). The number of rotatable bonds is 4. The number of nitrogens with one attached hydrogen (secondary N) is 2. The molecule has 0 aliphatic rings. The van der Waals surface area contributed by atoms with Gasteiger partial charge in [0.25, 0.3) is 0 Å². The van der Waals surface area contributed by atoms with Gasteiger partial charge in [-0.05, 0) is 32.1 Å². The van der Waals surface area contributed by atoms with Gasteiger partial charge >= 0.3 is 0 Å². The van der Waals surface area contributed by atoms with Crippen molar-refractivity contribution in [1.29, 1.82) is 0 Å². The number of aromatic amines is 1. The van der Waals surface area contributed by atoms with Crippen molar-refractivity contribution in [2.45, 2.75) is 32.9 Å². The third-order valence-corrected chi connectivity index (χ3v) is 3.14. The average molecular weight is 299 g/mol. The molecule has 1 aromatic carbocycles. The first-order chi connectivity index (χ1) is 9.38. The predicted octanol–water partition coefficient (Wildman–Crippen LogP) is 2.89. The summed E-state index contributed by atoms with van der Waals surface area (Å²) in [7, 11) is 0. The van der Waals surface area contributed by atoms with Crippen LogP contribution in [0.3, 0.4) is 0 Å². The van der Waals surface area contributed by atoms with Crippen LogP contribution < -0.4 is 5.32 Å². The predicted molar refractivity (Wildman–Crippen MR) is 74.9 cm³/mol. The van der Waals surface area contributed by atoms with Gasteiger partial charge in [-0.3, -0.25) is 4.79 Å². The number of imidazole rings is 1. The smallest absolute Gasteiger partial charge is 0.221 e. The van der Waals surface area contributed by atoms with Gasteiger partial charge in [0.1, 0.15) is 11.3 Å².